The van der Waals surface area contributed by atoms with Gasteiger partial charge in [-0.05, 0) is 31.7 Å². The summed E-state index contributed by atoms with van der Waals surface area (Å²) in [7, 11) is 0. The van der Waals surface area contributed by atoms with Crippen LogP contribution in [-0.4, -0.2) is 26.7 Å². The van der Waals surface area contributed by atoms with Gasteiger partial charge in [-0.3, -0.25) is 5.10 Å². The molecule has 5 nitrogen and oxygen atoms in total. The third-order valence-electron chi connectivity index (χ3n) is 3.14. The number of rotatable bonds is 6. The number of hydrogen-bond donors (Lipinski definition) is 2. The molecule has 0 spiro atoms. The lowest BCUT2D eigenvalue weighted by molar-refractivity contribution is 0.820. The molecule has 0 aromatic carbocycles. The zero-order valence-corrected chi connectivity index (χ0v) is 11.3. The molecule has 0 unspecified atom stereocenters. The van der Waals surface area contributed by atoms with Crippen LogP contribution >= 0.6 is 11.6 Å². The quantitative estimate of drug-likeness (QED) is 0.629. The average molecular weight is 278 g/mol. The highest BCUT2D eigenvalue weighted by atomic mass is 35.5. The van der Waals surface area contributed by atoms with Crippen LogP contribution in [0.4, 0.5) is 5.82 Å². The van der Waals surface area contributed by atoms with Crippen LogP contribution < -0.4 is 5.32 Å². The molecule has 2 heterocycles. The molecule has 0 aliphatic heterocycles. The molecular weight excluding hydrogens is 262 g/mol. The van der Waals surface area contributed by atoms with E-state index in [4.69, 9.17) is 11.6 Å². The lowest BCUT2D eigenvalue weighted by Gasteiger charge is -2.07. The third kappa shape index (κ3) is 3.44. The molecule has 1 fully saturated rings. The third-order valence-corrected chi connectivity index (χ3v) is 3.34. The van der Waals surface area contributed by atoms with Crippen LogP contribution in [0.1, 0.15) is 36.7 Å². The first-order valence-electron chi connectivity index (χ1n) is 6.58. The van der Waals surface area contributed by atoms with Crippen molar-refractivity contribution in [2.24, 2.45) is 0 Å². The zero-order chi connectivity index (χ0) is 13.1. The van der Waals surface area contributed by atoms with Gasteiger partial charge in [0.15, 0.2) is 0 Å². The van der Waals surface area contributed by atoms with Crippen molar-refractivity contribution in [3.8, 4) is 0 Å². The monoisotopic (exact) mass is 277 g/mol. The molecule has 1 aliphatic carbocycles. The van der Waals surface area contributed by atoms with Crippen LogP contribution in [0.2, 0.25) is 5.15 Å². The zero-order valence-electron chi connectivity index (χ0n) is 10.6. The maximum Gasteiger partial charge on any atom is 0.135 e. The summed E-state index contributed by atoms with van der Waals surface area (Å²) in [6, 6.07) is 3.77. The van der Waals surface area contributed by atoms with Gasteiger partial charge in [-0.2, -0.15) is 5.10 Å². The molecule has 3 rings (SSSR count). The number of anilines is 1. The Morgan fingerprint density at radius 1 is 1.37 bits per heavy atom. The summed E-state index contributed by atoms with van der Waals surface area (Å²) < 4.78 is 0. The predicted molar refractivity (Wildman–Crippen MR) is 74.4 cm³/mol. The van der Waals surface area contributed by atoms with E-state index in [0.29, 0.717) is 11.1 Å². The lowest BCUT2D eigenvalue weighted by atomic mass is 10.2. The van der Waals surface area contributed by atoms with Gasteiger partial charge in [0.05, 0.1) is 0 Å². The van der Waals surface area contributed by atoms with Crippen molar-refractivity contribution in [2.45, 2.75) is 31.6 Å². The molecule has 19 heavy (non-hydrogen) atoms. The topological polar surface area (TPSA) is 66.5 Å². The molecule has 100 valence electrons. The smallest absolute Gasteiger partial charge is 0.135 e. The van der Waals surface area contributed by atoms with Crippen molar-refractivity contribution in [3.63, 3.8) is 0 Å². The van der Waals surface area contributed by atoms with E-state index in [-0.39, 0.29) is 0 Å². The lowest BCUT2D eigenvalue weighted by Crippen LogP contribution is -2.06. The highest BCUT2D eigenvalue weighted by Crippen LogP contribution is 2.38. The Hall–Kier alpha value is -1.62. The van der Waals surface area contributed by atoms with Gasteiger partial charge in [0.2, 0.25) is 0 Å². The van der Waals surface area contributed by atoms with Crippen molar-refractivity contribution in [1.82, 2.24) is 20.2 Å². The number of aromatic nitrogens is 4. The van der Waals surface area contributed by atoms with Crippen molar-refractivity contribution in [1.29, 1.82) is 0 Å². The fourth-order valence-electron chi connectivity index (χ4n) is 1.97. The number of H-pyrrole nitrogens is 1. The molecule has 0 radical (unpaired) electrons. The minimum absolute atomic E-state index is 0.518. The first-order chi connectivity index (χ1) is 9.31. The van der Waals surface area contributed by atoms with Gasteiger partial charge >= 0.3 is 0 Å². The molecule has 6 heteroatoms. The van der Waals surface area contributed by atoms with E-state index in [1.807, 2.05) is 6.07 Å². The number of aromatic amines is 1. The molecule has 1 aliphatic rings. The number of halogens is 1. The number of nitrogens with zero attached hydrogens (tertiary/aromatic N) is 3. The maximum absolute atomic E-state index is 6.01. The molecule has 0 atom stereocenters. The van der Waals surface area contributed by atoms with Crippen molar-refractivity contribution in [2.75, 3.05) is 11.9 Å². The van der Waals surface area contributed by atoms with E-state index in [1.165, 1.54) is 12.8 Å². The molecule has 2 aromatic heterocycles. The first-order valence-corrected chi connectivity index (χ1v) is 6.95. The number of aryl methyl sites for hydroxylation is 1. The molecule has 0 saturated heterocycles. The Balaban J connectivity index is 1.51. The number of nitrogens with one attached hydrogen (secondary N) is 2. The standard InChI is InChI=1S/C13H16ClN5/c14-11-8-12(18-13(17-11)9-3-4-9)15-6-1-2-10-5-7-16-19-10/h5,7-9H,1-4,6H2,(H,16,19)(H,15,17,18). The summed E-state index contributed by atoms with van der Waals surface area (Å²) >= 11 is 6.01. The summed E-state index contributed by atoms with van der Waals surface area (Å²) in [5, 5.41) is 10.7. The van der Waals surface area contributed by atoms with E-state index in [1.54, 1.807) is 12.3 Å². The predicted octanol–water partition coefficient (Wildman–Crippen LogP) is 2.78. The van der Waals surface area contributed by atoms with Crippen LogP contribution in [-0.2, 0) is 6.42 Å². The second kappa shape index (κ2) is 5.57. The molecule has 2 N–H and O–H groups in total. The van der Waals surface area contributed by atoms with Crippen LogP contribution in [0.3, 0.4) is 0 Å². The SMILES string of the molecule is Clc1cc(NCCCc2ccn[nH]2)nc(C2CC2)n1. The van der Waals surface area contributed by atoms with Crippen molar-refractivity contribution in [3.05, 3.63) is 35.0 Å². The van der Waals surface area contributed by atoms with E-state index in [2.05, 4.69) is 25.5 Å². The van der Waals surface area contributed by atoms with Gasteiger partial charge in [-0.25, -0.2) is 9.97 Å². The minimum atomic E-state index is 0.518. The van der Waals surface area contributed by atoms with Gasteiger partial charge in [0.1, 0.15) is 16.8 Å². The van der Waals surface area contributed by atoms with Crippen LogP contribution in [0.15, 0.2) is 18.3 Å². The second-order valence-electron chi connectivity index (χ2n) is 4.82. The summed E-state index contributed by atoms with van der Waals surface area (Å²) in [6.45, 7) is 0.858. The van der Waals surface area contributed by atoms with E-state index >= 15 is 0 Å². The maximum atomic E-state index is 6.01. The van der Waals surface area contributed by atoms with Gasteiger partial charge in [-0.1, -0.05) is 11.6 Å². The summed E-state index contributed by atoms with van der Waals surface area (Å²) in [5.74, 6) is 2.22. The second-order valence-corrected chi connectivity index (χ2v) is 5.21. The normalized spacial score (nSPS) is 14.6. The summed E-state index contributed by atoms with van der Waals surface area (Å²) in [5.41, 5.74) is 1.15. The van der Waals surface area contributed by atoms with Gasteiger partial charge < -0.3 is 5.32 Å². The number of hydrogen-bond acceptors (Lipinski definition) is 4. The Morgan fingerprint density at radius 3 is 3.00 bits per heavy atom. The molecule has 2 aromatic rings. The van der Waals surface area contributed by atoms with Crippen molar-refractivity contribution >= 4 is 17.4 Å². The van der Waals surface area contributed by atoms with E-state index < -0.39 is 0 Å². The Kier molecular flexibility index (Phi) is 3.64. The average Bonchev–Trinajstić information content (AvgIpc) is 3.12. The fraction of sp³-hybridized carbons (Fsp3) is 0.462. The highest BCUT2D eigenvalue weighted by Gasteiger charge is 2.27. The minimum Gasteiger partial charge on any atom is -0.370 e. The Morgan fingerprint density at radius 2 is 2.26 bits per heavy atom. The van der Waals surface area contributed by atoms with Gasteiger partial charge in [0.25, 0.3) is 0 Å². The van der Waals surface area contributed by atoms with Crippen LogP contribution in [0, 0.1) is 0 Å². The first kappa shape index (κ1) is 12.4. The van der Waals surface area contributed by atoms with Gasteiger partial charge in [-0.15, -0.1) is 0 Å². The summed E-state index contributed by atoms with van der Waals surface area (Å²) in [6.07, 6.45) is 6.12. The molecule has 0 bridgehead atoms. The van der Waals surface area contributed by atoms with Gasteiger partial charge in [0, 0.05) is 30.4 Å². The highest BCUT2D eigenvalue weighted by molar-refractivity contribution is 6.29. The molecule has 1 saturated carbocycles. The van der Waals surface area contributed by atoms with Crippen LogP contribution in [0.25, 0.3) is 0 Å². The van der Waals surface area contributed by atoms with Crippen molar-refractivity contribution < 1.29 is 0 Å². The Bertz CT molecular complexity index is 536. The summed E-state index contributed by atoms with van der Waals surface area (Å²) in [4.78, 5) is 8.77. The van der Waals surface area contributed by atoms with Crippen LogP contribution in [0.5, 0.6) is 0 Å². The molecular formula is C13H16ClN5. The Labute approximate surface area is 116 Å². The largest absolute Gasteiger partial charge is 0.370 e. The fourth-order valence-corrected chi connectivity index (χ4v) is 2.16. The molecule has 0 amide bonds. The van der Waals surface area contributed by atoms with E-state index in [0.717, 1.165) is 36.7 Å². The van der Waals surface area contributed by atoms with E-state index in [9.17, 15) is 0 Å².